The predicted octanol–water partition coefficient (Wildman–Crippen LogP) is -0.162. The number of carboxylic acid groups (broad SMARTS) is 1. The highest BCUT2D eigenvalue weighted by Crippen LogP contribution is 2.09. The van der Waals surface area contributed by atoms with Crippen molar-refractivity contribution in [1.29, 1.82) is 0 Å². The van der Waals surface area contributed by atoms with Gasteiger partial charge in [0.25, 0.3) is 0 Å². The lowest BCUT2D eigenvalue weighted by molar-refractivity contribution is -0.134. The second-order valence-electron chi connectivity index (χ2n) is 3.80. The Labute approximate surface area is 88.8 Å². The average Bonchev–Trinajstić information content (AvgIpc) is 2.19. The molecule has 1 atom stereocenters. The second-order valence-corrected chi connectivity index (χ2v) is 3.80. The standard InChI is InChI=1S/C10H16N2O3/c1-7(10(14)15)5-11-8-3-4-9(13)12(2)6-8/h8,11H,1,3-6H2,2H3,(H,14,15). The predicted molar refractivity (Wildman–Crippen MR) is 55.4 cm³/mol. The summed E-state index contributed by atoms with van der Waals surface area (Å²) in [6.45, 7) is 4.33. The Hall–Kier alpha value is -1.36. The summed E-state index contributed by atoms with van der Waals surface area (Å²) in [5.74, 6) is -0.840. The fourth-order valence-electron chi connectivity index (χ4n) is 1.52. The fourth-order valence-corrected chi connectivity index (χ4v) is 1.52. The number of carboxylic acids is 1. The van der Waals surface area contributed by atoms with E-state index < -0.39 is 5.97 Å². The van der Waals surface area contributed by atoms with Crippen LogP contribution >= 0.6 is 0 Å². The number of amides is 1. The lowest BCUT2D eigenvalue weighted by Gasteiger charge is -2.30. The van der Waals surface area contributed by atoms with Crippen LogP contribution in [0.4, 0.5) is 0 Å². The molecule has 1 amide bonds. The number of hydrogen-bond donors (Lipinski definition) is 2. The van der Waals surface area contributed by atoms with E-state index in [9.17, 15) is 9.59 Å². The number of rotatable bonds is 4. The van der Waals surface area contributed by atoms with Crippen molar-refractivity contribution in [3.05, 3.63) is 12.2 Å². The molecule has 1 saturated heterocycles. The minimum Gasteiger partial charge on any atom is -0.478 e. The van der Waals surface area contributed by atoms with E-state index in [0.717, 1.165) is 6.42 Å². The van der Waals surface area contributed by atoms with E-state index in [1.54, 1.807) is 11.9 Å². The van der Waals surface area contributed by atoms with Crippen LogP contribution in [0.5, 0.6) is 0 Å². The Kier molecular flexibility index (Phi) is 3.85. The van der Waals surface area contributed by atoms with Crippen LogP contribution in [0.25, 0.3) is 0 Å². The summed E-state index contributed by atoms with van der Waals surface area (Å²) >= 11 is 0. The number of aliphatic carboxylic acids is 1. The average molecular weight is 212 g/mol. The minimum absolute atomic E-state index is 0.144. The molecule has 0 bridgehead atoms. The molecule has 0 spiro atoms. The molecule has 0 radical (unpaired) electrons. The topological polar surface area (TPSA) is 69.6 Å². The lowest BCUT2D eigenvalue weighted by Crippen LogP contribution is -2.47. The zero-order valence-corrected chi connectivity index (χ0v) is 8.82. The maximum atomic E-state index is 11.2. The molecule has 0 aromatic heterocycles. The fraction of sp³-hybridized carbons (Fsp3) is 0.600. The van der Waals surface area contributed by atoms with Gasteiger partial charge in [-0.1, -0.05) is 6.58 Å². The van der Waals surface area contributed by atoms with Gasteiger partial charge in [0.15, 0.2) is 0 Å². The van der Waals surface area contributed by atoms with Crippen molar-refractivity contribution in [2.45, 2.75) is 18.9 Å². The third-order valence-corrected chi connectivity index (χ3v) is 2.53. The highest BCUT2D eigenvalue weighted by Gasteiger charge is 2.22. The summed E-state index contributed by atoms with van der Waals surface area (Å²) in [6, 6.07) is 0.170. The summed E-state index contributed by atoms with van der Waals surface area (Å²) in [6.07, 6.45) is 1.28. The van der Waals surface area contributed by atoms with Gasteiger partial charge in [-0.05, 0) is 6.42 Å². The van der Waals surface area contributed by atoms with Gasteiger partial charge in [-0.25, -0.2) is 4.79 Å². The van der Waals surface area contributed by atoms with Crippen LogP contribution in [0.3, 0.4) is 0 Å². The molecule has 0 saturated carbocycles. The largest absolute Gasteiger partial charge is 0.478 e. The van der Waals surface area contributed by atoms with Gasteiger partial charge in [0, 0.05) is 38.2 Å². The van der Waals surface area contributed by atoms with Gasteiger partial charge in [-0.3, -0.25) is 4.79 Å². The number of carbonyl (C=O) groups excluding carboxylic acids is 1. The summed E-state index contributed by atoms with van der Waals surface area (Å²) in [5, 5.41) is 11.7. The van der Waals surface area contributed by atoms with Crippen molar-refractivity contribution in [1.82, 2.24) is 10.2 Å². The Morgan fingerprint density at radius 2 is 2.40 bits per heavy atom. The molecule has 0 aromatic rings. The first-order chi connectivity index (χ1) is 7.00. The van der Waals surface area contributed by atoms with Crippen LogP contribution in [0.15, 0.2) is 12.2 Å². The van der Waals surface area contributed by atoms with Crippen molar-refractivity contribution in [2.24, 2.45) is 0 Å². The number of hydrogen-bond acceptors (Lipinski definition) is 3. The van der Waals surface area contributed by atoms with Crippen molar-refractivity contribution in [2.75, 3.05) is 20.1 Å². The number of nitrogens with one attached hydrogen (secondary N) is 1. The van der Waals surface area contributed by atoms with Crippen molar-refractivity contribution >= 4 is 11.9 Å². The first-order valence-electron chi connectivity index (χ1n) is 4.89. The van der Waals surface area contributed by atoms with Crippen LogP contribution in [-0.2, 0) is 9.59 Å². The molecule has 1 heterocycles. The van der Waals surface area contributed by atoms with Gasteiger partial charge in [0.05, 0.1) is 0 Å². The van der Waals surface area contributed by atoms with Crippen LogP contribution in [0, 0.1) is 0 Å². The minimum atomic E-state index is -0.984. The molecule has 1 rings (SSSR count). The molecule has 0 aromatic carbocycles. The first-order valence-corrected chi connectivity index (χ1v) is 4.89. The maximum absolute atomic E-state index is 11.2. The van der Waals surface area contributed by atoms with Gasteiger partial charge in [0.1, 0.15) is 0 Å². The monoisotopic (exact) mass is 212 g/mol. The summed E-state index contributed by atoms with van der Waals surface area (Å²) < 4.78 is 0. The summed E-state index contributed by atoms with van der Waals surface area (Å²) in [7, 11) is 1.75. The van der Waals surface area contributed by atoms with E-state index in [2.05, 4.69) is 11.9 Å². The SMILES string of the molecule is C=C(CNC1CCC(=O)N(C)C1)C(=O)O. The molecule has 0 aliphatic carbocycles. The molecule has 1 fully saturated rings. The maximum Gasteiger partial charge on any atom is 0.332 e. The molecule has 5 heteroatoms. The lowest BCUT2D eigenvalue weighted by atomic mass is 10.1. The number of likely N-dealkylation sites (tertiary alicyclic amines) is 1. The Bertz CT molecular complexity index is 288. The Balaban J connectivity index is 2.31. The van der Waals surface area contributed by atoms with Crippen molar-refractivity contribution in [3.63, 3.8) is 0 Å². The van der Waals surface area contributed by atoms with Gasteiger partial charge in [-0.15, -0.1) is 0 Å². The molecule has 1 aliphatic rings. The van der Waals surface area contributed by atoms with E-state index in [1.807, 2.05) is 0 Å². The number of carbonyl (C=O) groups is 2. The van der Waals surface area contributed by atoms with E-state index in [1.165, 1.54) is 0 Å². The zero-order valence-electron chi connectivity index (χ0n) is 8.82. The number of likely N-dealkylation sites (N-methyl/N-ethyl adjacent to an activating group) is 1. The van der Waals surface area contributed by atoms with Crippen LogP contribution in [-0.4, -0.2) is 48.1 Å². The van der Waals surface area contributed by atoms with Crippen LogP contribution in [0.2, 0.25) is 0 Å². The molecule has 5 nitrogen and oxygen atoms in total. The van der Waals surface area contributed by atoms with E-state index in [0.29, 0.717) is 13.0 Å². The molecular weight excluding hydrogens is 196 g/mol. The number of piperidine rings is 1. The van der Waals surface area contributed by atoms with Gasteiger partial charge in [-0.2, -0.15) is 0 Å². The molecule has 1 aliphatic heterocycles. The second kappa shape index (κ2) is 4.93. The molecule has 84 valence electrons. The quantitative estimate of drug-likeness (QED) is 0.635. The van der Waals surface area contributed by atoms with Gasteiger partial charge < -0.3 is 15.3 Å². The highest BCUT2D eigenvalue weighted by atomic mass is 16.4. The third kappa shape index (κ3) is 3.36. The van der Waals surface area contributed by atoms with E-state index in [-0.39, 0.29) is 24.1 Å². The third-order valence-electron chi connectivity index (χ3n) is 2.53. The summed E-state index contributed by atoms with van der Waals surface area (Å²) in [4.78, 5) is 23.3. The molecule has 15 heavy (non-hydrogen) atoms. The Morgan fingerprint density at radius 3 is 2.93 bits per heavy atom. The van der Waals surface area contributed by atoms with Gasteiger partial charge >= 0.3 is 5.97 Å². The molecule has 2 N–H and O–H groups in total. The molecular formula is C10H16N2O3. The van der Waals surface area contributed by atoms with E-state index in [4.69, 9.17) is 5.11 Å². The smallest absolute Gasteiger partial charge is 0.332 e. The van der Waals surface area contributed by atoms with E-state index >= 15 is 0 Å². The normalized spacial score (nSPS) is 21.5. The van der Waals surface area contributed by atoms with Crippen LogP contribution < -0.4 is 5.32 Å². The van der Waals surface area contributed by atoms with Crippen molar-refractivity contribution < 1.29 is 14.7 Å². The molecule has 1 unspecified atom stereocenters. The Morgan fingerprint density at radius 1 is 1.73 bits per heavy atom. The highest BCUT2D eigenvalue weighted by molar-refractivity contribution is 5.86. The zero-order chi connectivity index (χ0) is 11.4. The summed E-state index contributed by atoms with van der Waals surface area (Å²) in [5.41, 5.74) is 0.148. The van der Waals surface area contributed by atoms with Crippen LogP contribution in [0.1, 0.15) is 12.8 Å². The first kappa shape index (κ1) is 11.7. The van der Waals surface area contributed by atoms with Gasteiger partial charge in [0.2, 0.25) is 5.91 Å². The van der Waals surface area contributed by atoms with Crippen molar-refractivity contribution in [3.8, 4) is 0 Å². The number of nitrogens with zero attached hydrogens (tertiary/aromatic N) is 1.